The van der Waals surface area contributed by atoms with Gasteiger partial charge in [-0.3, -0.25) is 14.2 Å². The lowest BCUT2D eigenvalue weighted by Gasteiger charge is -2.29. The van der Waals surface area contributed by atoms with Crippen molar-refractivity contribution in [1.29, 1.82) is 0 Å². The van der Waals surface area contributed by atoms with Gasteiger partial charge in [-0.25, -0.2) is 4.99 Å². The lowest BCUT2D eigenvalue weighted by Crippen LogP contribution is -2.43. The fourth-order valence-corrected chi connectivity index (χ4v) is 6.29. The Morgan fingerprint density at radius 1 is 1.11 bits per heavy atom. The van der Waals surface area contributed by atoms with Crippen molar-refractivity contribution in [2.24, 2.45) is 4.99 Å². The third-order valence-electron chi connectivity index (χ3n) is 7.18. The minimum Gasteiger partial charge on any atom is -0.496 e. The molecule has 0 unspecified atom stereocenters. The molecule has 7 nitrogen and oxygen atoms in total. The van der Waals surface area contributed by atoms with Crippen LogP contribution in [0.4, 0.5) is 0 Å². The van der Waals surface area contributed by atoms with Gasteiger partial charge < -0.3 is 14.2 Å². The summed E-state index contributed by atoms with van der Waals surface area (Å²) in [5.74, 6) is 0.505. The first-order valence-electron chi connectivity index (χ1n) is 13.0. The second-order valence-corrected chi connectivity index (χ2v) is 10.2. The average molecular weight is 529 g/mol. The van der Waals surface area contributed by atoms with E-state index in [1.54, 1.807) is 16.6 Å². The van der Waals surface area contributed by atoms with Crippen LogP contribution < -0.4 is 19.6 Å². The quantitative estimate of drug-likeness (QED) is 0.363. The number of hydrogen-bond donors (Lipinski definition) is 0. The molecule has 2 aromatic carbocycles. The zero-order chi connectivity index (χ0) is 27.0. The minimum absolute atomic E-state index is 0.118. The van der Waals surface area contributed by atoms with E-state index in [9.17, 15) is 9.59 Å². The molecule has 1 aliphatic rings. The topological polar surface area (TPSA) is 68.8 Å². The molecule has 196 valence electrons. The number of hydrogen-bond acceptors (Lipinski definition) is 5. The van der Waals surface area contributed by atoms with E-state index < -0.39 is 6.04 Å². The second kappa shape index (κ2) is 10.5. The van der Waals surface area contributed by atoms with Crippen LogP contribution in [-0.4, -0.2) is 40.1 Å². The van der Waals surface area contributed by atoms with Gasteiger partial charge in [0.1, 0.15) is 11.8 Å². The van der Waals surface area contributed by atoms with E-state index >= 15 is 0 Å². The number of likely N-dealkylation sites (N-methyl/N-ethyl adjacent to an activating group) is 1. The number of ether oxygens (including phenoxy) is 1. The van der Waals surface area contributed by atoms with Crippen LogP contribution in [-0.2, 0) is 11.3 Å². The molecule has 0 spiro atoms. The van der Waals surface area contributed by atoms with Gasteiger partial charge in [0, 0.05) is 47.9 Å². The monoisotopic (exact) mass is 528 g/mol. The van der Waals surface area contributed by atoms with Gasteiger partial charge in [-0.05, 0) is 45.9 Å². The van der Waals surface area contributed by atoms with Crippen molar-refractivity contribution in [1.82, 2.24) is 14.0 Å². The molecule has 8 heteroatoms. The first kappa shape index (κ1) is 25.7. The summed E-state index contributed by atoms with van der Waals surface area (Å²) in [6, 6.07) is 15.1. The summed E-state index contributed by atoms with van der Waals surface area (Å²) in [5, 5.41) is 1.09. The Balaban J connectivity index is 1.77. The van der Waals surface area contributed by atoms with Crippen LogP contribution in [0, 0.1) is 0 Å². The number of carbonyl (C=O) groups excluding carboxylic acids is 1. The lowest BCUT2D eigenvalue weighted by molar-refractivity contribution is -0.127. The highest BCUT2D eigenvalue weighted by molar-refractivity contribution is 7.07. The summed E-state index contributed by atoms with van der Waals surface area (Å²) in [6.07, 6.45) is 4.03. The molecule has 0 N–H and O–H groups in total. The van der Waals surface area contributed by atoms with Crippen LogP contribution in [0.15, 0.2) is 75.8 Å². The molecule has 3 heterocycles. The fraction of sp³-hybridized carbons (Fsp3) is 0.300. The van der Waals surface area contributed by atoms with Crippen LogP contribution in [0.2, 0.25) is 0 Å². The van der Waals surface area contributed by atoms with E-state index in [1.807, 2.05) is 63.2 Å². The molecule has 2 aromatic heterocycles. The SMILES string of the molecule is CCN(CC)C(=O)C1=C(C)N=c2s/c(=C/c3cn(CC)c4ccccc34)c(=O)n2[C@@H]1c1ccccc1OC. The van der Waals surface area contributed by atoms with Gasteiger partial charge in [-0.2, -0.15) is 0 Å². The largest absolute Gasteiger partial charge is 0.496 e. The molecule has 4 aromatic rings. The van der Waals surface area contributed by atoms with Crippen molar-refractivity contribution >= 4 is 34.2 Å². The van der Waals surface area contributed by atoms with Crippen LogP contribution in [0.3, 0.4) is 0 Å². The Kier molecular flexibility index (Phi) is 7.08. The van der Waals surface area contributed by atoms with E-state index in [2.05, 4.69) is 29.8 Å². The number of carbonyl (C=O) groups is 1. The fourth-order valence-electron chi connectivity index (χ4n) is 5.26. The molecular weight excluding hydrogens is 496 g/mol. The normalized spacial score (nSPS) is 15.5. The van der Waals surface area contributed by atoms with Gasteiger partial charge in [-0.15, -0.1) is 0 Å². The maximum Gasteiger partial charge on any atom is 0.271 e. The van der Waals surface area contributed by atoms with E-state index in [0.29, 0.717) is 39.4 Å². The maximum absolute atomic E-state index is 14.1. The summed E-state index contributed by atoms with van der Waals surface area (Å²) in [6.45, 7) is 9.83. The second-order valence-electron chi connectivity index (χ2n) is 9.19. The number of fused-ring (bicyclic) bond motifs is 2. The Labute approximate surface area is 225 Å². The molecule has 0 radical (unpaired) electrons. The third-order valence-corrected chi connectivity index (χ3v) is 8.17. The van der Waals surface area contributed by atoms with Crippen LogP contribution in [0.1, 0.15) is 44.9 Å². The van der Waals surface area contributed by atoms with Crippen molar-refractivity contribution < 1.29 is 9.53 Å². The Morgan fingerprint density at radius 3 is 2.53 bits per heavy atom. The van der Waals surface area contributed by atoms with Gasteiger partial charge in [0.2, 0.25) is 0 Å². The number of para-hydroxylation sites is 2. The summed E-state index contributed by atoms with van der Waals surface area (Å²) < 4.78 is 10.1. The molecule has 38 heavy (non-hydrogen) atoms. The Bertz CT molecular complexity index is 1740. The lowest BCUT2D eigenvalue weighted by atomic mass is 9.94. The molecule has 1 amide bonds. The number of aryl methyl sites for hydroxylation is 1. The van der Waals surface area contributed by atoms with E-state index in [1.165, 1.54) is 11.3 Å². The molecule has 0 saturated heterocycles. The van der Waals surface area contributed by atoms with Gasteiger partial charge in [0.15, 0.2) is 4.80 Å². The third kappa shape index (κ3) is 4.19. The predicted molar refractivity (Wildman–Crippen MR) is 152 cm³/mol. The van der Waals surface area contributed by atoms with Gasteiger partial charge >= 0.3 is 0 Å². The van der Waals surface area contributed by atoms with Crippen LogP contribution in [0.5, 0.6) is 5.75 Å². The number of nitrogens with zero attached hydrogens (tertiary/aromatic N) is 4. The van der Waals surface area contributed by atoms with Crippen molar-refractivity contribution in [3.8, 4) is 5.75 Å². The number of amides is 1. The van der Waals surface area contributed by atoms with E-state index in [4.69, 9.17) is 9.73 Å². The number of allylic oxidation sites excluding steroid dienone is 1. The van der Waals surface area contributed by atoms with E-state index in [-0.39, 0.29) is 11.5 Å². The molecule has 0 fully saturated rings. The first-order valence-corrected chi connectivity index (χ1v) is 13.8. The van der Waals surface area contributed by atoms with E-state index in [0.717, 1.165) is 28.6 Å². The van der Waals surface area contributed by atoms with Gasteiger partial charge in [0.05, 0.1) is 22.9 Å². The number of methoxy groups -OCH3 is 1. The zero-order valence-corrected chi connectivity index (χ0v) is 23.2. The molecular formula is C30H32N4O3S. The molecule has 1 aliphatic heterocycles. The standard InChI is InChI=1S/C30H32N4O3S/c1-6-32(7-2)29(36)26-19(4)31-30-34(27(26)22-14-10-12-16-24(22)37-5)28(35)25(38-30)17-20-18-33(8-3)23-15-11-9-13-21(20)23/h9-18,27H,6-8H2,1-5H3/b25-17+/t27-/m1/s1. The number of rotatable bonds is 7. The zero-order valence-electron chi connectivity index (χ0n) is 22.4. The average Bonchev–Trinajstić information content (AvgIpc) is 3.45. The first-order chi connectivity index (χ1) is 18.4. The number of thiazole rings is 1. The summed E-state index contributed by atoms with van der Waals surface area (Å²) in [5.41, 5.74) is 3.82. The minimum atomic E-state index is -0.644. The number of benzene rings is 2. The molecule has 0 aliphatic carbocycles. The smallest absolute Gasteiger partial charge is 0.271 e. The van der Waals surface area contributed by atoms with Gasteiger partial charge in [-0.1, -0.05) is 47.7 Å². The van der Waals surface area contributed by atoms with Gasteiger partial charge in [0.25, 0.3) is 11.5 Å². The molecule has 5 rings (SSSR count). The molecule has 1 atom stereocenters. The Morgan fingerprint density at radius 2 is 1.82 bits per heavy atom. The summed E-state index contributed by atoms with van der Waals surface area (Å²) >= 11 is 1.35. The summed E-state index contributed by atoms with van der Waals surface area (Å²) in [4.78, 5) is 35.0. The van der Waals surface area contributed by atoms with Crippen molar-refractivity contribution in [2.45, 2.75) is 40.3 Å². The highest BCUT2D eigenvalue weighted by Crippen LogP contribution is 2.36. The Hall–Kier alpha value is -3.91. The highest BCUT2D eigenvalue weighted by atomic mass is 32.1. The van der Waals surface area contributed by atoms with Crippen molar-refractivity contribution in [3.05, 3.63) is 96.8 Å². The van der Waals surface area contributed by atoms with Crippen LogP contribution in [0.25, 0.3) is 17.0 Å². The molecule has 0 saturated carbocycles. The summed E-state index contributed by atoms with van der Waals surface area (Å²) in [7, 11) is 1.61. The number of aromatic nitrogens is 2. The predicted octanol–water partition coefficient (Wildman–Crippen LogP) is 4.09. The highest BCUT2D eigenvalue weighted by Gasteiger charge is 2.35. The van der Waals surface area contributed by atoms with Crippen LogP contribution >= 0.6 is 11.3 Å². The maximum atomic E-state index is 14.1. The van der Waals surface area contributed by atoms with Crippen molar-refractivity contribution in [2.75, 3.05) is 20.2 Å². The molecule has 0 bridgehead atoms. The van der Waals surface area contributed by atoms with Crippen molar-refractivity contribution in [3.63, 3.8) is 0 Å².